The Balaban J connectivity index is 1.16. The Bertz CT molecular complexity index is 3320. The van der Waals surface area contributed by atoms with Crippen LogP contribution in [0.5, 0.6) is 0 Å². The second-order valence-electron chi connectivity index (χ2n) is 14.9. The highest BCUT2D eigenvalue weighted by molar-refractivity contribution is 6.23. The minimum Gasteiger partial charge on any atom is -0.228 e. The summed E-state index contributed by atoms with van der Waals surface area (Å²) in [5.41, 5.74) is 11.9. The molecule has 58 heavy (non-hydrogen) atoms. The van der Waals surface area contributed by atoms with Gasteiger partial charge in [-0.25, -0.2) is 9.97 Å². The van der Waals surface area contributed by atoms with E-state index in [4.69, 9.17) is 9.97 Å². The Morgan fingerprint density at radius 2 is 0.776 bits per heavy atom. The van der Waals surface area contributed by atoms with Crippen LogP contribution in [0, 0.1) is 0 Å². The summed E-state index contributed by atoms with van der Waals surface area (Å²) in [5.74, 6) is 0.694. The number of hydrogen-bond donors (Lipinski definition) is 0. The molecule has 1 aromatic heterocycles. The van der Waals surface area contributed by atoms with Crippen molar-refractivity contribution in [3.63, 3.8) is 0 Å². The van der Waals surface area contributed by atoms with Crippen LogP contribution in [0.25, 0.3) is 110 Å². The van der Waals surface area contributed by atoms with E-state index in [0.717, 1.165) is 50.2 Å². The van der Waals surface area contributed by atoms with E-state index in [1.165, 1.54) is 54.4 Å². The van der Waals surface area contributed by atoms with E-state index in [-0.39, 0.29) is 0 Å². The SMILES string of the molecule is c1ccc(-c2ccc(-c3cc(-c4ccc(-c5c6ccccc6cc6c5ccc5ccccc56)c5ccccc45)nc(-c4ccccc4)n3)c(-c3ccccc3)c2)cc1. The van der Waals surface area contributed by atoms with Crippen LogP contribution in [0.1, 0.15) is 0 Å². The third kappa shape index (κ3) is 5.82. The molecule has 2 heteroatoms. The molecule has 0 N–H and O–H groups in total. The lowest BCUT2D eigenvalue weighted by atomic mass is 9.86. The summed E-state index contributed by atoms with van der Waals surface area (Å²) in [6, 6.07) is 78.2. The number of fused-ring (bicyclic) bond motifs is 5. The second-order valence-corrected chi connectivity index (χ2v) is 14.9. The van der Waals surface area contributed by atoms with E-state index >= 15 is 0 Å². The normalized spacial score (nSPS) is 11.4. The second kappa shape index (κ2) is 14.1. The quantitative estimate of drug-likeness (QED) is 0.125. The van der Waals surface area contributed by atoms with Gasteiger partial charge in [-0.05, 0) is 94.7 Å². The van der Waals surface area contributed by atoms with Gasteiger partial charge in [0.05, 0.1) is 11.4 Å². The minimum atomic E-state index is 0.694. The molecule has 0 aliphatic rings. The average molecular weight is 737 g/mol. The van der Waals surface area contributed by atoms with Crippen molar-refractivity contribution in [3.05, 3.63) is 218 Å². The summed E-state index contributed by atoms with van der Waals surface area (Å²) in [7, 11) is 0. The Hall–Kier alpha value is -7.68. The van der Waals surface area contributed by atoms with Gasteiger partial charge in [0.2, 0.25) is 0 Å². The zero-order valence-corrected chi connectivity index (χ0v) is 31.7. The van der Waals surface area contributed by atoms with E-state index in [1.807, 2.05) is 6.07 Å². The molecular weight excluding hydrogens is 701 g/mol. The summed E-state index contributed by atoms with van der Waals surface area (Å²) < 4.78 is 0. The first-order valence-electron chi connectivity index (χ1n) is 19.8. The molecule has 0 saturated heterocycles. The maximum absolute atomic E-state index is 5.34. The third-order valence-electron chi connectivity index (χ3n) is 11.5. The molecule has 1 heterocycles. The van der Waals surface area contributed by atoms with Crippen molar-refractivity contribution in [3.8, 4) is 67.3 Å². The molecule has 0 amide bonds. The highest BCUT2D eigenvalue weighted by atomic mass is 14.9. The zero-order valence-electron chi connectivity index (χ0n) is 31.7. The third-order valence-corrected chi connectivity index (χ3v) is 11.5. The Morgan fingerprint density at radius 1 is 0.241 bits per heavy atom. The molecule has 0 unspecified atom stereocenters. The molecule has 0 aliphatic carbocycles. The van der Waals surface area contributed by atoms with Gasteiger partial charge in [-0.2, -0.15) is 0 Å². The zero-order chi connectivity index (χ0) is 38.4. The van der Waals surface area contributed by atoms with Crippen molar-refractivity contribution < 1.29 is 0 Å². The van der Waals surface area contributed by atoms with Gasteiger partial charge >= 0.3 is 0 Å². The smallest absolute Gasteiger partial charge is 0.160 e. The van der Waals surface area contributed by atoms with E-state index in [2.05, 4.69) is 212 Å². The molecular formula is C56H36N2. The summed E-state index contributed by atoms with van der Waals surface area (Å²) in [6.45, 7) is 0. The Morgan fingerprint density at radius 3 is 1.50 bits per heavy atom. The van der Waals surface area contributed by atoms with Crippen LogP contribution in [-0.2, 0) is 0 Å². The van der Waals surface area contributed by atoms with Gasteiger partial charge < -0.3 is 0 Å². The van der Waals surface area contributed by atoms with Crippen molar-refractivity contribution >= 4 is 43.1 Å². The molecule has 2 nitrogen and oxygen atoms in total. The first kappa shape index (κ1) is 33.6. The molecule has 0 aliphatic heterocycles. The van der Waals surface area contributed by atoms with Crippen molar-refractivity contribution in [2.24, 2.45) is 0 Å². The first-order valence-corrected chi connectivity index (χ1v) is 19.8. The number of aromatic nitrogens is 2. The van der Waals surface area contributed by atoms with Crippen LogP contribution in [0.15, 0.2) is 218 Å². The van der Waals surface area contributed by atoms with Gasteiger partial charge in [0.15, 0.2) is 5.82 Å². The summed E-state index contributed by atoms with van der Waals surface area (Å²) in [6.07, 6.45) is 0. The number of hydrogen-bond acceptors (Lipinski definition) is 2. The Labute approximate surface area is 337 Å². The van der Waals surface area contributed by atoms with Crippen LogP contribution < -0.4 is 0 Å². The first-order chi connectivity index (χ1) is 28.8. The fourth-order valence-electron chi connectivity index (χ4n) is 8.72. The van der Waals surface area contributed by atoms with Crippen LogP contribution in [0.2, 0.25) is 0 Å². The topological polar surface area (TPSA) is 25.8 Å². The lowest BCUT2D eigenvalue weighted by molar-refractivity contribution is 1.19. The van der Waals surface area contributed by atoms with Crippen LogP contribution >= 0.6 is 0 Å². The number of nitrogens with zero attached hydrogens (tertiary/aromatic N) is 2. The van der Waals surface area contributed by atoms with Crippen molar-refractivity contribution in [1.29, 1.82) is 0 Å². The number of benzene rings is 10. The lowest BCUT2D eigenvalue weighted by Crippen LogP contribution is -1.98. The van der Waals surface area contributed by atoms with Gasteiger partial charge in [-0.3, -0.25) is 0 Å². The highest BCUT2D eigenvalue weighted by Crippen LogP contribution is 2.44. The molecule has 11 aromatic rings. The van der Waals surface area contributed by atoms with Crippen LogP contribution in [0.4, 0.5) is 0 Å². The summed E-state index contributed by atoms with van der Waals surface area (Å²) in [5, 5.41) is 9.83. The largest absolute Gasteiger partial charge is 0.228 e. The average Bonchev–Trinajstić information content (AvgIpc) is 3.31. The van der Waals surface area contributed by atoms with E-state index < -0.39 is 0 Å². The van der Waals surface area contributed by atoms with Crippen molar-refractivity contribution in [2.75, 3.05) is 0 Å². The molecule has 270 valence electrons. The van der Waals surface area contributed by atoms with Gasteiger partial charge in [0.25, 0.3) is 0 Å². The fourth-order valence-corrected chi connectivity index (χ4v) is 8.72. The highest BCUT2D eigenvalue weighted by Gasteiger charge is 2.19. The van der Waals surface area contributed by atoms with Crippen molar-refractivity contribution in [1.82, 2.24) is 9.97 Å². The summed E-state index contributed by atoms with van der Waals surface area (Å²) >= 11 is 0. The van der Waals surface area contributed by atoms with E-state index in [1.54, 1.807) is 0 Å². The predicted octanol–water partition coefficient (Wildman–Crippen LogP) is 15.1. The van der Waals surface area contributed by atoms with Crippen LogP contribution in [-0.4, -0.2) is 9.97 Å². The maximum Gasteiger partial charge on any atom is 0.160 e. The minimum absolute atomic E-state index is 0.694. The van der Waals surface area contributed by atoms with E-state index in [0.29, 0.717) is 5.82 Å². The predicted molar refractivity (Wildman–Crippen MR) is 245 cm³/mol. The fraction of sp³-hybridized carbons (Fsp3) is 0. The standard InChI is InChI=1S/C56H36N2/c1-4-16-37(17-5-1)41-29-30-48(51(34-41)38-18-6-2-7-19-38)54-36-53(57-56(58-54)40-21-8-3-9-22-40)47-32-33-49(46-27-15-14-26-45(46)47)55-44-25-13-11-23-42(44)35-52-43-24-12-10-20-39(43)28-31-50(52)55/h1-36H. The maximum atomic E-state index is 5.34. The van der Waals surface area contributed by atoms with Gasteiger partial charge in [-0.15, -0.1) is 0 Å². The lowest BCUT2D eigenvalue weighted by Gasteiger charge is -2.18. The molecule has 11 rings (SSSR count). The molecule has 0 fully saturated rings. The molecule has 0 saturated carbocycles. The van der Waals surface area contributed by atoms with E-state index in [9.17, 15) is 0 Å². The molecule has 10 aromatic carbocycles. The molecule has 0 radical (unpaired) electrons. The number of rotatable bonds is 6. The molecule has 0 spiro atoms. The van der Waals surface area contributed by atoms with Gasteiger partial charge in [0, 0.05) is 16.7 Å². The monoisotopic (exact) mass is 736 g/mol. The van der Waals surface area contributed by atoms with Gasteiger partial charge in [0.1, 0.15) is 0 Å². The Kier molecular flexibility index (Phi) is 8.19. The van der Waals surface area contributed by atoms with Crippen molar-refractivity contribution in [2.45, 2.75) is 0 Å². The molecule has 0 bridgehead atoms. The van der Waals surface area contributed by atoms with Crippen LogP contribution in [0.3, 0.4) is 0 Å². The molecule has 0 atom stereocenters. The summed E-state index contributed by atoms with van der Waals surface area (Å²) in [4.78, 5) is 10.7. The van der Waals surface area contributed by atoms with Gasteiger partial charge in [-0.1, -0.05) is 200 Å².